The van der Waals surface area contributed by atoms with Crippen LogP contribution in [0.25, 0.3) is 0 Å². The number of aromatic nitrogens is 2. The molecule has 0 radical (unpaired) electrons. The third-order valence-corrected chi connectivity index (χ3v) is 3.73. The first-order chi connectivity index (χ1) is 11.6. The molecule has 0 fully saturated rings. The topological polar surface area (TPSA) is 59.5 Å². The Hall–Kier alpha value is -2.50. The number of anilines is 3. The summed E-state index contributed by atoms with van der Waals surface area (Å²) in [5, 5.41) is 3.24. The van der Waals surface area contributed by atoms with Crippen molar-refractivity contribution in [3.63, 3.8) is 0 Å². The molecule has 1 aromatic heterocycles. The van der Waals surface area contributed by atoms with Crippen LogP contribution in [0, 0.1) is 6.92 Å². The fourth-order valence-corrected chi connectivity index (χ4v) is 2.34. The second-order valence-electron chi connectivity index (χ2n) is 5.66. The van der Waals surface area contributed by atoms with Crippen LogP contribution in [0.5, 0.6) is 11.5 Å². The van der Waals surface area contributed by atoms with E-state index < -0.39 is 0 Å². The molecule has 0 bridgehead atoms. The number of hydrogen-bond donors (Lipinski definition) is 1. The van der Waals surface area contributed by atoms with Crippen molar-refractivity contribution in [1.82, 2.24) is 9.97 Å². The second kappa shape index (κ2) is 8.38. The first-order valence-electron chi connectivity index (χ1n) is 8.13. The van der Waals surface area contributed by atoms with Crippen LogP contribution in [0.3, 0.4) is 0 Å². The van der Waals surface area contributed by atoms with Gasteiger partial charge in [0.1, 0.15) is 17.3 Å². The van der Waals surface area contributed by atoms with Crippen LogP contribution in [0.4, 0.5) is 17.5 Å². The first-order valence-corrected chi connectivity index (χ1v) is 8.13. The number of methoxy groups -OCH3 is 2. The van der Waals surface area contributed by atoms with Crippen molar-refractivity contribution < 1.29 is 9.47 Å². The van der Waals surface area contributed by atoms with Crippen molar-refractivity contribution in [2.45, 2.75) is 26.7 Å². The van der Waals surface area contributed by atoms with Gasteiger partial charge in [0.05, 0.1) is 19.9 Å². The third kappa shape index (κ3) is 4.50. The van der Waals surface area contributed by atoms with Gasteiger partial charge in [0, 0.05) is 31.4 Å². The van der Waals surface area contributed by atoms with Crippen LogP contribution in [0.2, 0.25) is 0 Å². The van der Waals surface area contributed by atoms with E-state index in [2.05, 4.69) is 34.2 Å². The zero-order valence-electron chi connectivity index (χ0n) is 15.1. The monoisotopic (exact) mass is 330 g/mol. The van der Waals surface area contributed by atoms with E-state index in [-0.39, 0.29) is 0 Å². The average Bonchev–Trinajstić information content (AvgIpc) is 2.59. The smallest absolute Gasteiger partial charge is 0.229 e. The fraction of sp³-hybridized carbons (Fsp3) is 0.444. The Morgan fingerprint density at radius 3 is 2.58 bits per heavy atom. The normalized spacial score (nSPS) is 10.4. The van der Waals surface area contributed by atoms with Crippen LogP contribution >= 0.6 is 0 Å². The predicted octanol–water partition coefficient (Wildman–Crippen LogP) is 3.78. The number of benzene rings is 1. The van der Waals surface area contributed by atoms with E-state index in [1.807, 2.05) is 31.2 Å². The first kappa shape index (κ1) is 17.8. The highest BCUT2D eigenvalue weighted by atomic mass is 16.5. The molecule has 24 heavy (non-hydrogen) atoms. The molecule has 6 nitrogen and oxygen atoms in total. The highest BCUT2D eigenvalue weighted by Gasteiger charge is 2.10. The van der Waals surface area contributed by atoms with Gasteiger partial charge in [-0.1, -0.05) is 13.3 Å². The summed E-state index contributed by atoms with van der Waals surface area (Å²) < 4.78 is 10.6. The molecule has 1 heterocycles. The van der Waals surface area contributed by atoms with Gasteiger partial charge in [-0.2, -0.15) is 4.98 Å². The molecule has 0 saturated carbocycles. The number of hydrogen-bond acceptors (Lipinski definition) is 6. The van der Waals surface area contributed by atoms with E-state index in [1.54, 1.807) is 14.2 Å². The predicted molar refractivity (Wildman–Crippen MR) is 97.8 cm³/mol. The van der Waals surface area contributed by atoms with Gasteiger partial charge in [0.15, 0.2) is 0 Å². The van der Waals surface area contributed by atoms with Crippen molar-refractivity contribution in [2.75, 3.05) is 38.0 Å². The summed E-state index contributed by atoms with van der Waals surface area (Å²) in [6.45, 7) is 5.12. The van der Waals surface area contributed by atoms with E-state index in [4.69, 9.17) is 9.47 Å². The van der Waals surface area contributed by atoms with Crippen LogP contribution in [-0.4, -0.2) is 37.8 Å². The molecule has 0 saturated heterocycles. The number of unbranched alkanes of at least 4 members (excludes halogenated alkanes) is 1. The molecular weight excluding hydrogens is 304 g/mol. The zero-order chi connectivity index (χ0) is 17.5. The van der Waals surface area contributed by atoms with Gasteiger partial charge < -0.3 is 19.7 Å². The molecule has 130 valence electrons. The highest BCUT2D eigenvalue weighted by molar-refractivity contribution is 5.65. The van der Waals surface area contributed by atoms with Crippen molar-refractivity contribution in [1.29, 1.82) is 0 Å². The molecule has 0 aliphatic carbocycles. The number of nitrogens with zero attached hydrogens (tertiary/aromatic N) is 3. The van der Waals surface area contributed by atoms with Gasteiger partial charge in [-0.15, -0.1) is 0 Å². The minimum absolute atomic E-state index is 0.553. The quantitative estimate of drug-likeness (QED) is 0.795. The van der Waals surface area contributed by atoms with Gasteiger partial charge in [-0.3, -0.25) is 0 Å². The molecule has 6 heteroatoms. The lowest BCUT2D eigenvalue weighted by molar-refractivity contribution is 0.395. The lowest BCUT2D eigenvalue weighted by Crippen LogP contribution is -2.20. The Morgan fingerprint density at radius 1 is 1.12 bits per heavy atom. The molecule has 0 aliphatic rings. The standard InChI is InChI=1S/C18H26N4O2/c1-6-7-10-22(3)17-11-13(2)19-18(21-17)20-15-9-8-14(23-4)12-16(15)24-5/h8-9,11-12H,6-7,10H2,1-5H3,(H,19,20,21). The van der Waals surface area contributed by atoms with Crippen molar-refractivity contribution in [3.8, 4) is 11.5 Å². The minimum atomic E-state index is 0.553. The number of aryl methyl sites for hydroxylation is 1. The molecule has 2 aromatic rings. The Morgan fingerprint density at radius 2 is 1.92 bits per heavy atom. The van der Waals surface area contributed by atoms with Crippen molar-refractivity contribution in [2.24, 2.45) is 0 Å². The summed E-state index contributed by atoms with van der Waals surface area (Å²) in [4.78, 5) is 11.2. The molecule has 0 aliphatic heterocycles. The molecule has 0 unspecified atom stereocenters. The molecule has 1 N–H and O–H groups in total. The van der Waals surface area contributed by atoms with Crippen molar-refractivity contribution >= 4 is 17.5 Å². The van der Waals surface area contributed by atoms with Crippen LogP contribution < -0.4 is 19.7 Å². The van der Waals surface area contributed by atoms with E-state index in [0.29, 0.717) is 11.7 Å². The van der Waals surface area contributed by atoms with E-state index in [0.717, 1.165) is 42.3 Å². The van der Waals surface area contributed by atoms with E-state index in [1.165, 1.54) is 0 Å². The minimum Gasteiger partial charge on any atom is -0.497 e. The van der Waals surface area contributed by atoms with Gasteiger partial charge in [0.2, 0.25) is 5.95 Å². The summed E-state index contributed by atoms with van der Waals surface area (Å²) in [5.41, 5.74) is 1.71. The van der Waals surface area contributed by atoms with Crippen LogP contribution in [-0.2, 0) is 0 Å². The van der Waals surface area contributed by atoms with Crippen LogP contribution in [0.15, 0.2) is 24.3 Å². The Kier molecular flexibility index (Phi) is 6.23. The molecule has 0 amide bonds. The Balaban J connectivity index is 2.25. The number of ether oxygens (including phenoxy) is 2. The molecule has 0 atom stereocenters. The summed E-state index contributed by atoms with van der Waals surface area (Å²) in [6.07, 6.45) is 2.29. The SMILES string of the molecule is CCCCN(C)c1cc(C)nc(Nc2ccc(OC)cc2OC)n1. The molecule has 2 rings (SSSR count). The van der Waals surface area contributed by atoms with Gasteiger partial charge in [-0.25, -0.2) is 4.98 Å². The van der Waals surface area contributed by atoms with Gasteiger partial charge >= 0.3 is 0 Å². The van der Waals surface area contributed by atoms with E-state index >= 15 is 0 Å². The Bertz CT molecular complexity index is 676. The highest BCUT2D eigenvalue weighted by Crippen LogP contribution is 2.31. The number of nitrogens with one attached hydrogen (secondary N) is 1. The van der Waals surface area contributed by atoms with Gasteiger partial charge in [-0.05, 0) is 25.5 Å². The Labute approximate surface area is 143 Å². The maximum absolute atomic E-state index is 5.41. The lowest BCUT2D eigenvalue weighted by Gasteiger charge is -2.19. The summed E-state index contributed by atoms with van der Waals surface area (Å²) in [7, 11) is 5.31. The molecular formula is C18H26N4O2. The molecule has 0 spiro atoms. The summed E-state index contributed by atoms with van der Waals surface area (Å²) in [5.74, 6) is 2.88. The molecule has 1 aromatic carbocycles. The lowest BCUT2D eigenvalue weighted by atomic mass is 10.2. The summed E-state index contributed by atoms with van der Waals surface area (Å²) in [6, 6.07) is 7.58. The third-order valence-electron chi connectivity index (χ3n) is 3.73. The average molecular weight is 330 g/mol. The maximum atomic E-state index is 5.41. The zero-order valence-corrected chi connectivity index (χ0v) is 15.1. The van der Waals surface area contributed by atoms with Crippen molar-refractivity contribution in [3.05, 3.63) is 30.0 Å². The van der Waals surface area contributed by atoms with Gasteiger partial charge in [0.25, 0.3) is 0 Å². The number of rotatable bonds is 8. The van der Waals surface area contributed by atoms with E-state index in [9.17, 15) is 0 Å². The maximum Gasteiger partial charge on any atom is 0.229 e. The fourth-order valence-electron chi connectivity index (χ4n) is 2.34. The van der Waals surface area contributed by atoms with Crippen LogP contribution in [0.1, 0.15) is 25.5 Å². The largest absolute Gasteiger partial charge is 0.497 e. The second-order valence-corrected chi connectivity index (χ2v) is 5.66. The summed E-state index contributed by atoms with van der Waals surface area (Å²) >= 11 is 0.